The van der Waals surface area contributed by atoms with E-state index in [1.165, 1.54) is 0 Å². The molecule has 2 N–H and O–H groups in total. The van der Waals surface area contributed by atoms with Gasteiger partial charge in [-0.3, -0.25) is 5.32 Å². The number of benzene rings is 1. The molecule has 0 aliphatic rings. The van der Waals surface area contributed by atoms with Crippen LogP contribution in [0.2, 0.25) is 10.0 Å². The molecule has 0 saturated heterocycles. The Morgan fingerprint density at radius 2 is 2.09 bits per heavy atom. The minimum Gasteiger partial charge on any atom is -0.383 e. The molecule has 1 aromatic carbocycles. The number of hydrogen-bond donors (Lipinski definition) is 2. The third-order valence-electron chi connectivity index (χ3n) is 2.74. The van der Waals surface area contributed by atoms with Crippen LogP contribution in [0.3, 0.4) is 0 Å². The summed E-state index contributed by atoms with van der Waals surface area (Å²) in [6.45, 7) is 1.60. The standard InChI is InChI=1S/C13H15Cl2N5OS/c1-21-6-5-16-13(22)18-12-17-8-20(19-12)7-9-10(14)3-2-4-11(9)15/h2-4,8H,5-7H2,1H3,(H2,16,18,19,22). The van der Waals surface area contributed by atoms with Gasteiger partial charge in [0.15, 0.2) is 5.11 Å². The average molecular weight is 360 g/mol. The summed E-state index contributed by atoms with van der Waals surface area (Å²) in [5.41, 5.74) is 0.795. The molecule has 0 radical (unpaired) electrons. The molecule has 2 aromatic rings. The summed E-state index contributed by atoms with van der Waals surface area (Å²) in [5.74, 6) is 0.401. The van der Waals surface area contributed by atoms with Crippen LogP contribution in [0.4, 0.5) is 5.95 Å². The minimum atomic E-state index is 0.401. The van der Waals surface area contributed by atoms with Crippen LogP contribution < -0.4 is 10.6 Å². The summed E-state index contributed by atoms with van der Waals surface area (Å²) in [7, 11) is 1.63. The van der Waals surface area contributed by atoms with Crippen LogP contribution >= 0.6 is 35.4 Å². The monoisotopic (exact) mass is 359 g/mol. The fourth-order valence-corrected chi connectivity index (χ4v) is 2.40. The molecule has 0 amide bonds. The second-order valence-electron chi connectivity index (χ2n) is 4.34. The number of methoxy groups -OCH3 is 1. The van der Waals surface area contributed by atoms with Gasteiger partial charge in [-0.15, -0.1) is 5.10 Å². The average Bonchev–Trinajstić information content (AvgIpc) is 2.90. The van der Waals surface area contributed by atoms with E-state index >= 15 is 0 Å². The maximum atomic E-state index is 6.14. The van der Waals surface area contributed by atoms with Crippen LogP contribution in [-0.2, 0) is 11.3 Å². The summed E-state index contributed by atoms with van der Waals surface area (Å²) >= 11 is 17.4. The van der Waals surface area contributed by atoms with Crippen molar-refractivity contribution in [1.82, 2.24) is 20.1 Å². The molecule has 1 aromatic heterocycles. The molecule has 2 rings (SSSR count). The quantitative estimate of drug-likeness (QED) is 0.610. The van der Waals surface area contributed by atoms with Gasteiger partial charge in [0.1, 0.15) is 6.33 Å². The Bertz CT molecular complexity index is 629. The van der Waals surface area contributed by atoms with E-state index in [9.17, 15) is 0 Å². The Hall–Kier alpha value is -1.41. The van der Waals surface area contributed by atoms with Gasteiger partial charge in [-0.25, -0.2) is 9.67 Å². The van der Waals surface area contributed by atoms with Crippen molar-refractivity contribution in [1.29, 1.82) is 0 Å². The first kappa shape index (κ1) is 17.0. The van der Waals surface area contributed by atoms with Crippen LogP contribution in [0, 0.1) is 0 Å². The van der Waals surface area contributed by atoms with Gasteiger partial charge in [0.2, 0.25) is 5.95 Å². The van der Waals surface area contributed by atoms with E-state index in [1.807, 2.05) is 0 Å². The molecular formula is C13H15Cl2N5OS. The highest BCUT2D eigenvalue weighted by atomic mass is 35.5. The summed E-state index contributed by atoms with van der Waals surface area (Å²) in [5, 5.41) is 11.8. The Kier molecular flexibility index (Phi) is 6.38. The van der Waals surface area contributed by atoms with Crippen molar-refractivity contribution in [3.8, 4) is 0 Å². The van der Waals surface area contributed by atoms with Gasteiger partial charge in [0.05, 0.1) is 13.2 Å². The van der Waals surface area contributed by atoms with Gasteiger partial charge >= 0.3 is 0 Å². The van der Waals surface area contributed by atoms with E-state index in [4.69, 9.17) is 40.2 Å². The predicted octanol–water partition coefficient (Wildman–Crippen LogP) is 2.57. The van der Waals surface area contributed by atoms with E-state index in [-0.39, 0.29) is 0 Å². The number of anilines is 1. The fourth-order valence-electron chi connectivity index (χ4n) is 1.69. The van der Waals surface area contributed by atoms with Crippen molar-refractivity contribution < 1.29 is 4.74 Å². The summed E-state index contributed by atoms with van der Waals surface area (Å²) < 4.78 is 6.56. The lowest BCUT2D eigenvalue weighted by Crippen LogP contribution is -2.31. The Morgan fingerprint density at radius 3 is 2.77 bits per heavy atom. The predicted molar refractivity (Wildman–Crippen MR) is 91.7 cm³/mol. The number of nitrogens with one attached hydrogen (secondary N) is 2. The molecule has 0 atom stereocenters. The summed E-state index contributed by atoms with van der Waals surface area (Å²) in [6.07, 6.45) is 1.58. The first-order valence-corrected chi connectivity index (χ1v) is 7.62. The van der Waals surface area contributed by atoms with Crippen LogP contribution in [0.25, 0.3) is 0 Å². The van der Waals surface area contributed by atoms with Crippen LogP contribution in [0.15, 0.2) is 24.5 Å². The van der Waals surface area contributed by atoms with Gasteiger partial charge in [-0.1, -0.05) is 29.3 Å². The van der Waals surface area contributed by atoms with E-state index in [0.29, 0.717) is 40.8 Å². The second kappa shape index (κ2) is 8.28. The van der Waals surface area contributed by atoms with Crippen LogP contribution in [-0.4, -0.2) is 40.1 Å². The molecule has 0 aliphatic heterocycles. The fraction of sp³-hybridized carbons (Fsp3) is 0.308. The molecule has 6 nitrogen and oxygen atoms in total. The molecule has 1 heterocycles. The zero-order valence-corrected chi connectivity index (χ0v) is 14.2. The molecule has 0 aliphatic carbocycles. The topological polar surface area (TPSA) is 64.0 Å². The lowest BCUT2D eigenvalue weighted by Gasteiger charge is -2.07. The van der Waals surface area contributed by atoms with Crippen LogP contribution in [0.1, 0.15) is 5.56 Å². The van der Waals surface area contributed by atoms with Crippen molar-refractivity contribution in [2.75, 3.05) is 25.6 Å². The molecule has 0 bridgehead atoms. The highest BCUT2D eigenvalue weighted by Crippen LogP contribution is 2.24. The van der Waals surface area contributed by atoms with Crippen molar-refractivity contribution in [3.05, 3.63) is 40.1 Å². The molecule has 9 heteroatoms. The summed E-state index contributed by atoms with van der Waals surface area (Å²) in [4.78, 5) is 4.14. The maximum Gasteiger partial charge on any atom is 0.248 e. The van der Waals surface area contributed by atoms with Crippen LogP contribution in [0.5, 0.6) is 0 Å². The number of hydrogen-bond acceptors (Lipinski definition) is 4. The van der Waals surface area contributed by atoms with Crippen molar-refractivity contribution >= 4 is 46.5 Å². The van der Waals surface area contributed by atoms with E-state index in [1.54, 1.807) is 36.3 Å². The number of nitrogens with zero attached hydrogens (tertiary/aromatic N) is 3. The Morgan fingerprint density at radius 1 is 1.36 bits per heavy atom. The second-order valence-corrected chi connectivity index (χ2v) is 5.56. The number of rotatable bonds is 6. The number of aromatic nitrogens is 3. The van der Waals surface area contributed by atoms with Gasteiger partial charge in [-0.2, -0.15) is 0 Å². The molecule has 0 saturated carbocycles. The van der Waals surface area contributed by atoms with E-state index in [0.717, 1.165) is 5.56 Å². The third kappa shape index (κ3) is 4.81. The maximum absolute atomic E-state index is 6.14. The number of halogens is 2. The van der Waals surface area contributed by atoms with Gasteiger partial charge in [0.25, 0.3) is 0 Å². The lowest BCUT2D eigenvalue weighted by atomic mass is 10.2. The van der Waals surface area contributed by atoms with Crippen molar-refractivity contribution in [2.45, 2.75) is 6.54 Å². The largest absolute Gasteiger partial charge is 0.383 e. The molecule has 0 spiro atoms. The normalized spacial score (nSPS) is 10.5. The molecular weight excluding hydrogens is 345 g/mol. The summed E-state index contributed by atoms with van der Waals surface area (Å²) in [6, 6.07) is 5.37. The number of thiocarbonyl (C=S) groups is 1. The Balaban J connectivity index is 1.95. The molecule has 0 unspecified atom stereocenters. The molecule has 0 fully saturated rings. The van der Waals surface area contributed by atoms with Crippen molar-refractivity contribution in [3.63, 3.8) is 0 Å². The SMILES string of the molecule is COCCNC(=S)Nc1ncn(Cc2c(Cl)cccc2Cl)n1. The highest BCUT2D eigenvalue weighted by Gasteiger charge is 2.08. The van der Waals surface area contributed by atoms with E-state index < -0.39 is 0 Å². The smallest absolute Gasteiger partial charge is 0.248 e. The first-order chi connectivity index (χ1) is 10.6. The first-order valence-electron chi connectivity index (χ1n) is 6.46. The zero-order valence-electron chi connectivity index (χ0n) is 11.8. The molecule has 22 heavy (non-hydrogen) atoms. The van der Waals surface area contributed by atoms with Gasteiger partial charge in [-0.05, 0) is 24.4 Å². The Labute approximate surface area is 143 Å². The van der Waals surface area contributed by atoms with Crippen molar-refractivity contribution in [2.24, 2.45) is 0 Å². The lowest BCUT2D eigenvalue weighted by molar-refractivity contribution is 0.204. The van der Waals surface area contributed by atoms with Gasteiger partial charge in [0, 0.05) is 29.3 Å². The van der Waals surface area contributed by atoms with E-state index in [2.05, 4.69) is 20.7 Å². The highest BCUT2D eigenvalue weighted by molar-refractivity contribution is 7.80. The minimum absolute atomic E-state index is 0.401. The molecule has 118 valence electrons. The third-order valence-corrected chi connectivity index (χ3v) is 3.69. The van der Waals surface area contributed by atoms with Gasteiger partial charge < -0.3 is 10.1 Å². The number of ether oxygens (including phenoxy) is 1. The zero-order chi connectivity index (χ0) is 15.9.